The molecule has 0 aliphatic heterocycles. The first-order valence-electron chi connectivity index (χ1n) is 4.53. The third-order valence-corrected chi connectivity index (χ3v) is 2.11. The number of benzene rings is 1. The van der Waals surface area contributed by atoms with Gasteiger partial charge in [-0.3, -0.25) is 4.98 Å². The van der Waals surface area contributed by atoms with Crippen molar-refractivity contribution >= 4 is 0 Å². The van der Waals surface area contributed by atoms with E-state index in [0.29, 0.717) is 0 Å². The van der Waals surface area contributed by atoms with E-state index in [-0.39, 0.29) is 16.8 Å². The maximum absolute atomic E-state index is 13.5. The van der Waals surface area contributed by atoms with Crippen LogP contribution in [0.3, 0.4) is 0 Å². The van der Waals surface area contributed by atoms with Gasteiger partial charge in [-0.2, -0.15) is 5.26 Å². The molecule has 0 spiro atoms. The Morgan fingerprint density at radius 1 is 1.19 bits per heavy atom. The number of aromatic nitrogens is 1. The fourth-order valence-electron chi connectivity index (χ4n) is 1.39. The van der Waals surface area contributed by atoms with Crippen LogP contribution in [0.4, 0.5) is 8.78 Å². The van der Waals surface area contributed by atoms with E-state index in [0.717, 1.165) is 18.2 Å². The van der Waals surface area contributed by atoms with Crippen molar-refractivity contribution in [2.75, 3.05) is 0 Å². The van der Waals surface area contributed by atoms with E-state index in [1.807, 2.05) is 6.07 Å². The summed E-state index contributed by atoms with van der Waals surface area (Å²) in [5, 5.41) is 8.83. The topological polar surface area (TPSA) is 36.7 Å². The minimum atomic E-state index is -0.600. The van der Waals surface area contributed by atoms with E-state index in [1.165, 1.54) is 12.3 Å². The second-order valence-electron chi connectivity index (χ2n) is 3.14. The molecule has 0 radical (unpaired) electrons. The summed E-state index contributed by atoms with van der Waals surface area (Å²) in [5.41, 5.74) is 0.367. The van der Waals surface area contributed by atoms with Gasteiger partial charge in [0.05, 0.1) is 11.3 Å². The van der Waals surface area contributed by atoms with Crippen molar-refractivity contribution in [3.63, 3.8) is 0 Å². The highest BCUT2D eigenvalue weighted by atomic mass is 19.1. The SMILES string of the molecule is N#Cc1cccnc1-c1cc(F)ccc1F. The van der Waals surface area contributed by atoms with E-state index in [2.05, 4.69) is 4.98 Å². The molecule has 1 aromatic heterocycles. The second-order valence-corrected chi connectivity index (χ2v) is 3.14. The molecule has 0 fully saturated rings. The fraction of sp³-hybridized carbons (Fsp3) is 0. The van der Waals surface area contributed by atoms with Crippen molar-refractivity contribution in [2.45, 2.75) is 0 Å². The molecule has 0 bridgehead atoms. The first-order chi connectivity index (χ1) is 7.72. The van der Waals surface area contributed by atoms with E-state index in [9.17, 15) is 8.78 Å². The monoisotopic (exact) mass is 216 g/mol. The molecule has 0 saturated carbocycles. The lowest BCUT2D eigenvalue weighted by Crippen LogP contribution is -1.92. The highest BCUT2D eigenvalue weighted by molar-refractivity contribution is 5.66. The van der Waals surface area contributed by atoms with Crippen LogP contribution >= 0.6 is 0 Å². The maximum Gasteiger partial charge on any atom is 0.132 e. The summed E-state index contributed by atoms with van der Waals surface area (Å²) in [6, 6.07) is 8.03. The van der Waals surface area contributed by atoms with Crippen LogP contribution in [0, 0.1) is 23.0 Å². The van der Waals surface area contributed by atoms with Gasteiger partial charge in [0, 0.05) is 11.8 Å². The van der Waals surface area contributed by atoms with E-state index >= 15 is 0 Å². The zero-order valence-corrected chi connectivity index (χ0v) is 8.11. The molecule has 2 rings (SSSR count). The first-order valence-corrected chi connectivity index (χ1v) is 4.53. The normalized spacial score (nSPS) is 9.81. The molecule has 2 nitrogen and oxygen atoms in total. The molecule has 4 heteroatoms. The zero-order valence-electron chi connectivity index (χ0n) is 8.11. The molecule has 1 aromatic carbocycles. The minimum absolute atomic E-state index is 0.00264. The summed E-state index contributed by atoms with van der Waals surface area (Å²) < 4.78 is 26.4. The van der Waals surface area contributed by atoms with Crippen LogP contribution in [0.25, 0.3) is 11.3 Å². The number of nitrogens with zero attached hydrogens (tertiary/aromatic N) is 2. The Morgan fingerprint density at radius 2 is 2.00 bits per heavy atom. The Balaban J connectivity index is 2.68. The summed E-state index contributed by atoms with van der Waals surface area (Å²) in [6.45, 7) is 0. The van der Waals surface area contributed by atoms with Crippen molar-refractivity contribution in [1.29, 1.82) is 5.26 Å². The Labute approximate surface area is 90.8 Å². The number of nitriles is 1. The van der Waals surface area contributed by atoms with Gasteiger partial charge < -0.3 is 0 Å². The molecule has 1 heterocycles. The van der Waals surface area contributed by atoms with Crippen molar-refractivity contribution in [3.05, 3.63) is 53.7 Å². The van der Waals surface area contributed by atoms with Crippen molar-refractivity contribution in [3.8, 4) is 17.3 Å². The van der Waals surface area contributed by atoms with Gasteiger partial charge >= 0.3 is 0 Å². The molecule has 0 unspecified atom stereocenters. The largest absolute Gasteiger partial charge is 0.255 e. The molecule has 0 aliphatic carbocycles. The molecule has 0 aliphatic rings. The Kier molecular flexibility index (Phi) is 2.61. The third kappa shape index (κ3) is 1.75. The minimum Gasteiger partial charge on any atom is -0.255 e. The first kappa shape index (κ1) is 10.2. The predicted octanol–water partition coefficient (Wildman–Crippen LogP) is 2.90. The summed E-state index contributed by atoms with van der Waals surface area (Å²) in [4.78, 5) is 3.89. The number of rotatable bonds is 1. The molecule has 0 saturated heterocycles. The highest BCUT2D eigenvalue weighted by Gasteiger charge is 2.11. The van der Waals surface area contributed by atoms with Crippen LogP contribution in [-0.4, -0.2) is 4.98 Å². The number of hydrogen-bond acceptors (Lipinski definition) is 2. The van der Waals surface area contributed by atoms with Crippen molar-refractivity contribution in [2.24, 2.45) is 0 Å². The molecule has 16 heavy (non-hydrogen) atoms. The third-order valence-electron chi connectivity index (χ3n) is 2.11. The Bertz CT molecular complexity index is 573. The lowest BCUT2D eigenvalue weighted by atomic mass is 10.1. The van der Waals surface area contributed by atoms with E-state index in [1.54, 1.807) is 6.07 Å². The Hall–Kier alpha value is -2.28. The average molecular weight is 216 g/mol. The quantitative estimate of drug-likeness (QED) is 0.734. The van der Waals surface area contributed by atoms with Crippen LogP contribution < -0.4 is 0 Å². The van der Waals surface area contributed by atoms with E-state index in [4.69, 9.17) is 5.26 Å². The molecule has 2 aromatic rings. The zero-order chi connectivity index (χ0) is 11.5. The van der Waals surface area contributed by atoms with E-state index < -0.39 is 11.6 Å². The summed E-state index contributed by atoms with van der Waals surface area (Å²) >= 11 is 0. The van der Waals surface area contributed by atoms with Crippen LogP contribution in [0.5, 0.6) is 0 Å². The molecular weight excluding hydrogens is 210 g/mol. The number of hydrogen-bond donors (Lipinski definition) is 0. The van der Waals surface area contributed by atoms with Gasteiger partial charge in [0.1, 0.15) is 17.7 Å². The lowest BCUT2D eigenvalue weighted by molar-refractivity contribution is 0.602. The van der Waals surface area contributed by atoms with Crippen molar-refractivity contribution in [1.82, 2.24) is 4.98 Å². The number of pyridine rings is 1. The second kappa shape index (κ2) is 4.07. The Morgan fingerprint density at radius 3 is 2.75 bits per heavy atom. The van der Waals surface area contributed by atoms with Gasteiger partial charge in [0.25, 0.3) is 0 Å². The smallest absolute Gasteiger partial charge is 0.132 e. The van der Waals surface area contributed by atoms with Gasteiger partial charge in [0.15, 0.2) is 0 Å². The average Bonchev–Trinajstić information content (AvgIpc) is 2.32. The lowest BCUT2D eigenvalue weighted by Gasteiger charge is -2.04. The summed E-state index contributed by atoms with van der Waals surface area (Å²) in [5.74, 6) is -1.16. The summed E-state index contributed by atoms with van der Waals surface area (Å²) in [7, 11) is 0. The molecule has 0 amide bonds. The fourth-order valence-corrected chi connectivity index (χ4v) is 1.39. The van der Waals surface area contributed by atoms with Gasteiger partial charge in [-0.25, -0.2) is 8.78 Å². The summed E-state index contributed by atoms with van der Waals surface area (Å²) in [6.07, 6.45) is 1.43. The van der Waals surface area contributed by atoms with Crippen molar-refractivity contribution < 1.29 is 8.78 Å². The van der Waals surface area contributed by atoms with Gasteiger partial charge in [-0.1, -0.05) is 0 Å². The van der Waals surface area contributed by atoms with Crippen LogP contribution in [-0.2, 0) is 0 Å². The van der Waals surface area contributed by atoms with Gasteiger partial charge in [0.2, 0.25) is 0 Å². The number of halogens is 2. The molecular formula is C12H6F2N2. The molecule has 0 N–H and O–H groups in total. The maximum atomic E-state index is 13.5. The highest BCUT2D eigenvalue weighted by Crippen LogP contribution is 2.24. The van der Waals surface area contributed by atoms with Gasteiger partial charge in [-0.05, 0) is 30.3 Å². The standard InChI is InChI=1S/C12H6F2N2/c13-9-3-4-11(14)10(6-9)12-8(7-15)2-1-5-16-12/h1-6H. The van der Waals surface area contributed by atoms with Crippen LogP contribution in [0.2, 0.25) is 0 Å². The van der Waals surface area contributed by atoms with Crippen LogP contribution in [0.1, 0.15) is 5.56 Å². The molecule has 78 valence electrons. The van der Waals surface area contributed by atoms with Crippen LogP contribution in [0.15, 0.2) is 36.5 Å². The molecule has 0 atom stereocenters. The van der Waals surface area contributed by atoms with Gasteiger partial charge in [-0.15, -0.1) is 0 Å². The predicted molar refractivity (Wildman–Crippen MR) is 54.3 cm³/mol.